The summed E-state index contributed by atoms with van der Waals surface area (Å²) in [5, 5.41) is 3.17. The van der Waals surface area contributed by atoms with E-state index in [0.717, 1.165) is 0 Å². The zero-order valence-electron chi connectivity index (χ0n) is 9.91. The number of benzene rings is 1. The van der Waals surface area contributed by atoms with Gasteiger partial charge in [-0.25, -0.2) is 0 Å². The number of hydrogen-bond acceptors (Lipinski definition) is 3. The first kappa shape index (κ1) is 13.1. The van der Waals surface area contributed by atoms with Crippen molar-refractivity contribution < 1.29 is 9.59 Å². The Morgan fingerprint density at radius 2 is 2.17 bits per heavy atom. The predicted molar refractivity (Wildman–Crippen MR) is 69.6 cm³/mol. The van der Waals surface area contributed by atoms with Crippen molar-refractivity contribution in [2.45, 2.75) is 24.8 Å². The summed E-state index contributed by atoms with van der Waals surface area (Å²) in [6.07, 6.45) is 1.27. The first-order chi connectivity index (χ1) is 8.59. The fraction of sp³-hybridized carbons (Fsp3) is 0.385. The number of nitrogens with one attached hydrogen (secondary N) is 1. The van der Waals surface area contributed by atoms with E-state index < -0.39 is 5.54 Å². The van der Waals surface area contributed by atoms with Crippen LogP contribution in [0.2, 0.25) is 5.02 Å². The topological polar surface area (TPSA) is 72.2 Å². The van der Waals surface area contributed by atoms with Crippen LogP contribution in [-0.2, 0) is 4.79 Å². The third kappa shape index (κ3) is 2.26. The molecule has 96 valence electrons. The molecule has 0 bridgehead atoms. The fourth-order valence-corrected chi connectivity index (χ4v) is 2.56. The van der Waals surface area contributed by atoms with Gasteiger partial charge < -0.3 is 11.1 Å². The molecule has 0 spiro atoms. The highest BCUT2D eigenvalue weighted by molar-refractivity contribution is 6.34. The van der Waals surface area contributed by atoms with Crippen LogP contribution in [0.5, 0.6) is 0 Å². The molecule has 1 heterocycles. The van der Waals surface area contributed by atoms with Crippen LogP contribution in [0, 0.1) is 0 Å². The Hall–Kier alpha value is -1.39. The lowest BCUT2D eigenvalue weighted by molar-refractivity contribution is -0.119. The van der Waals surface area contributed by atoms with Crippen molar-refractivity contribution in [1.29, 1.82) is 0 Å². The summed E-state index contributed by atoms with van der Waals surface area (Å²) < 4.78 is 0. The summed E-state index contributed by atoms with van der Waals surface area (Å²) in [4.78, 5) is 24.0. The van der Waals surface area contributed by atoms with Gasteiger partial charge in [-0.3, -0.25) is 9.59 Å². The number of Topliss-reactive ketones (excluding diaryl/α,β-unsaturated/α-hetero) is 1. The molecule has 3 N–H and O–H groups in total. The van der Waals surface area contributed by atoms with Gasteiger partial charge >= 0.3 is 0 Å². The lowest BCUT2D eigenvalue weighted by Gasteiger charge is -2.27. The Balaban J connectivity index is 2.36. The van der Waals surface area contributed by atoms with Gasteiger partial charge in [0.1, 0.15) is 5.54 Å². The summed E-state index contributed by atoms with van der Waals surface area (Å²) in [7, 11) is 0. The van der Waals surface area contributed by atoms with Crippen LogP contribution < -0.4 is 11.1 Å². The average molecular weight is 267 g/mol. The number of ketones is 1. The first-order valence-corrected chi connectivity index (χ1v) is 6.27. The molecule has 1 atom stereocenters. The molecule has 1 aliphatic rings. The van der Waals surface area contributed by atoms with Crippen molar-refractivity contribution in [3.05, 3.63) is 34.9 Å². The molecule has 1 aromatic rings. The molecule has 5 heteroatoms. The Bertz CT molecular complexity index is 490. The van der Waals surface area contributed by atoms with Gasteiger partial charge in [0, 0.05) is 12.0 Å². The van der Waals surface area contributed by atoms with E-state index in [1.54, 1.807) is 24.3 Å². The normalized spacial score (nSPS) is 22.9. The second-order valence-electron chi connectivity index (χ2n) is 4.48. The summed E-state index contributed by atoms with van der Waals surface area (Å²) in [6, 6.07) is 6.86. The van der Waals surface area contributed by atoms with Crippen LogP contribution in [0.1, 0.15) is 29.6 Å². The molecular weight excluding hydrogens is 252 g/mol. The molecule has 2 rings (SSSR count). The molecule has 0 aliphatic carbocycles. The number of carbonyl (C=O) groups excluding carboxylic acids is 2. The molecule has 0 aromatic heterocycles. The summed E-state index contributed by atoms with van der Waals surface area (Å²) in [5.74, 6) is -0.256. The van der Waals surface area contributed by atoms with Gasteiger partial charge in [0.15, 0.2) is 5.78 Å². The predicted octanol–water partition coefficient (Wildman–Crippen LogP) is 1.52. The number of halogens is 1. The number of rotatable bonds is 4. The number of amides is 1. The molecule has 1 saturated heterocycles. The SMILES string of the molecule is NCCC1(C(=O)c2ccccc2Cl)CCC(=O)N1. The minimum atomic E-state index is -0.878. The summed E-state index contributed by atoms with van der Waals surface area (Å²) in [5.41, 5.74) is 5.12. The van der Waals surface area contributed by atoms with Crippen molar-refractivity contribution >= 4 is 23.3 Å². The van der Waals surface area contributed by atoms with Crippen molar-refractivity contribution in [3.8, 4) is 0 Å². The third-order valence-electron chi connectivity index (χ3n) is 3.28. The number of nitrogens with two attached hydrogens (primary N) is 1. The lowest BCUT2D eigenvalue weighted by Crippen LogP contribution is -2.50. The minimum absolute atomic E-state index is 0.108. The highest BCUT2D eigenvalue weighted by Crippen LogP contribution is 2.30. The van der Waals surface area contributed by atoms with Crippen LogP contribution in [-0.4, -0.2) is 23.8 Å². The fourth-order valence-electron chi connectivity index (χ4n) is 2.34. The van der Waals surface area contributed by atoms with E-state index in [2.05, 4.69) is 5.32 Å². The van der Waals surface area contributed by atoms with E-state index in [-0.39, 0.29) is 11.7 Å². The summed E-state index contributed by atoms with van der Waals surface area (Å²) >= 11 is 6.03. The van der Waals surface area contributed by atoms with Crippen molar-refractivity contribution in [1.82, 2.24) is 5.32 Å². The molecule has 1 unspecified atom stereocenters. The molecule has 4 nitrogen and oxygen atoms in total. The molecule has 1 aromatic carbocycles. The molecular formula is C13H15ClN2O2. The van der Waals surface area contributed by atoms with E-state index in [1.165, 1.54) is 0 Å². The van der Waals surface area contributed by atoms with Crippen LogP contribution >= 0.6 is 11.6 Å². The molecule has 0 saturated carbocycles. The number of hydrogen-bond donors (Lipinski definition) is 2. The van der Waals surface area contributed by atoms with E-state index in [1.807, 2.05) is 0 Å². The van der Waals surface area contributed by atoms with Gasteiger partial charge in [-0.15, -0.1) is 0 Å². The lowest BCUT2D eigenvalue weighted by atomic mass is 9.85. The molecule has 1 fully saturated rings. The van der Waals surface area contributed by atoms with Gasteiger partial charge in [0.05, 0.1) is 5.02 Å². The maximum absolute atomic E-state index is 12.6. The van der Waals surface area contributed by atoms with E-state index in [9.17, 15) is 9.59 Å². The zero-order valence-corrected chi connectivity index (χ0v) is 10.7. The first-order valence-electron chi connectivity index (χ1n) is 5.89. The van der Waals surface area contributed by atoms with E-state index in [4.69, 9.17) is 17.3 Å². The Labute approximate surface area is 110 Å². The molecule has 1 amide bonds. The van der Waals surface area contributed by atoms with Crippen molar-refractivity contribution in [2.75, 3.05) is 6.54 Å². The monoisotopic (exact) mass is 266 g/mol. The van der Waals surface area contributed by atoms with Gasteiger partial charge in [-0.1, -0.05) is 23.7 Å². The van der Waals surface area contributed by atoms with Crippen molar-refractivity contribution in [2.24, 2.45) is 5.73 Å². The van der Waals surface area contributed by atoms with Crippen molar-refractivity contribution in [3.63, 3.8) is 0 Å². The standard InChI is InChI=1S/C13H15ClN2O2/c14-10-4-2-1-3-9(10)12(18)13(7-8-15)6-5-11(17)16-13/h1-4H,5-8,15H2,(H,16,17). The second-order valence-corrected chi connectivity index (χ2v) is 4.89. The van der Waals surface area contributed by atoms with Crippen LogP contribution in [0.4, 0.5) is 0 Å². The van der Waals surface area contributed by atoms with Gasteiger partial charge in [0.25, 0.3) is 0 Å². The number of carbonyl (C=O) groups is 2. The molecule has 1 aliphatic heterocycles. The Morgan fingerprint density at radius 1 is 1.44 bits per heavy atom. The van der Waals surface area contributed by atoms with E-state index in [0.29, 0.717) is 36.4 Å². The van der Waals surface area contributed by atoms with Gasteiger partial charge in [-0.2, -0.15) is 0 Å². The van der Waals surface area contributed by atoms with Crippen LogP contribution in [0.25, 0.3) is 0 Å². The average Bonchev–Trinajstić information content (AvgIpc) is 2.72. The highest BCUT2D eigenvalue weighted by atomic mass is 35.5. The van der Waals surface area contributed by atoms with Gasteiger partial charge in [-0.05, 0) is 31.5 Å². The minimum Gasteiger partial charge on any atom is -0.343 e. The Morgan fingerprint density at radius 3 is 2.72 bits per heavy atom. The second kappa shape index (κ2) is 5.08. The quantitative estimate of drug-likeness (QED) is 0.812. The largest absolute Gasteiger partial charge is 0.343 e. The van der Waals surface area contributed by atoms with E-state index >= 15 is 0 Å². The van der Waals surface area contributed by atoms with Crippen LogP contribution in [0.3, 0.4) is 0 Å². The molecule has 18 heavy (non-hydrogen) atoms. The summed E-state index contributed by atoms with van der Waals surface area (Å²) in [6.45, 7) is 0.344. The smallest absolute Gasteiger partial charge is 0.220 e. The molecule has 0 radical (unpaired) electrons. The Kier molecular flexibility index (Phi) is 3.68. The maximum atomic E-state index is 12.6. The third-order valence-corrected chi connectivity index (χ3v) is 3.61. The van der Waals surface area contributed by atoms with Crippen LogP contribution in [0.15, 0.2) is 24.3 Å². The zero-order chi connectivity index (χ0) is 13.2. The highest BCUT2D eigenvalue weighted by Gasteiger charge is 2.44. The van der Waals surface area contributed by atoms with Gasteiger partial charge in [0.2, 0.25) is 5.91 Å². The maximum Gasteiger partial charge on any atom is 0.220 e.